The smallest absolute Gasteiger partial charge is 0.387 e. The monoisotopic (exact) mass is 545 g/mol. The maximum absolute atomic E-state index is 13.1. The van der Waals surface area contributed by atoms with Gasteiger partial charge < -0.3 is 19.1 Å². The number of para-hydroxylation sites is 1. The normalized spacial score (nSPS) is 23.7. The van der Waals surface area contributed by atoms with E-state index in [1.54, 1.807) is 30.6 Å². The molecule has 11 heteroatoms. The van der Waals surface area contributed by atoms with Crippen molar-refractivity contribution >= 4 is 23.3 Å². The van der Waals surface area contributed by atoms with Crippen LogP contribution in [-0.2, 0) is 4.79 Å². The first-order valence-corrected chi connectivity index (χ1v) is 13.3. The van der Waals surface area contributed by atoms with Crippen LogP contribution in [0, 0.1) is 17.8 Å². The summed E-state index contributed by atoms with van der Waals surface area (Å²) in [6.45, 7) is -1.72. The Labute approximate surface area is 227 Å². The van der Waals surface area contributed by atoms with E-state index in [1.165, 1.54) is 6.07 Å². The van der Waals surface area contributed by atoms with E-state index < -0.39 is 18.5 Å². The van der Waals surface area contributed by atoms with Crippen molar-refractivity contribution in [2.75, 3.05) is 18.0 Å². The number of rotatable bonds is 6. The maximum atomic E-state index is 13.1. The highest BCUT2D eigenvalue weighted by molar-refractivity contribution is 6.00. The van der Waals surface area contributed by atoms with E-state index in [9.17, 15) is 23.5 Å². The summed E-state index contributed by atoms with van der Waals surface area (Å²) in [5, 5.41) is 9.59. The molecule has 9 nitrogen and oxygen atoms in total. The number of Topliss-reactive ketones (excluding diaryl/α,β-unsaturated/α-hetero) is 1. The molecular formula is C29H25F2N5O4. The number of halogens is 2. The largest absolute Gasteiger partial charge is 0.481 e. The molecule has 1 aliphatic heterocycles. The number of carboxylic acid groups (broad SMARTS) is 1. The molecule has 2 aliphatic carbocycles. The summed E-state index contributed by atoms with van der Waals surface area (Å²) in [5.41, 5.74) is 3.63. The first-order chi connectivity index (χ1) is 19.4. The van der Waals surface area contributed by atoms with Crippen molar-refractivity contribution in [3.63, 3.8) is 0 Å². The van der Waals surface area contributed by atoms with Gasteiger partial charge in [0.2, 0.25) is 5.95 Å². The van der Waals surface area contributed by atoms with Gasteiger partial charge in [0.1, 0.15) is 17.1 Å². The van der Waals surface area contributed by atoms with E-state index in [4.69, 9.17) is 4.74 Å². The topological polar surface area (TPSA) is 110 Å². The van der Waals surface area contributed by atoms with Gasteiger partial charge in [-0.2, -0.15) is 8.78 Å². The molecule has 0 unspecified atom stereocenters. The van der Waals surface area contributed by atoms with Crippen LogP contribution in [0.1, 0.15) is 46.9 Å². The number of anilines is 1. The Morgan fingerprint density at radius 2 is 1.75 bits per heavy atom. The third-order valence-corrected chi connectivity index (χ3v) is 8.52. The minimum atomic E-state index is -2.98. The van der Waals surface area contributed by atoms with Crippen molar-refractivity contribution < 1.29 is 28.2 Å². The highest BCUT2D eigenvalue weighted by Gasteiger charge is 2.46. The van der Waals surface area contributed by atoms with Gasteiger partial charge in [-0.05, 0) is 42.9 Å². The fourth-order valence-corrected chi connectivity index (χ4v) is 6.80. The van der Waals surface area contributed by atoms with Crippen LogP contribution in [-0.4, -0.2) is 55.9 Å². The number of benzene rings is 1. The molecule has 40 heavy (non-hydrogen) atoms. The molecule has 7 rings (SSSR count). The molecule has 0 amide bonds. The second-order valence-corrected chi connectivity index (χ2v) is 10.7. The van der Waals surface area contributed by atoms with Crippen LogP contribution < -0.4 is 9.64 Å². The van der Waals surface area contributed by atoms with Crippen molar-refractivity contribution in [2.24, 2.45) is 17.8 Å². The number of carbonyl (C=O) groups is 2. The number of aromatic nitrogens is 4. The van der Waals surface area contributed by atoms with Crippen LogP contribution in [0.2, 0.25) is 0 Å². The Kier molecular flexibility index (Phi) is 5.76. The lowest BCUT2D eigenvalue weighted by Crippen LogP contribution is -2.45. The number of alkyl halides is 2. The Balaban J connectivity index is 1.20. The minimum absolute atomic E-state index is 0.0408. The highest BCUT2D eigenvalue weighted by Crippen LogP contribution is 2.44. The van der Waals surface area contributed by atoms with Crippen LogP contribution >= 0.6 is 0 Å². The predicted octanol–water partition coefficient (Wildman–Crippen LogP) is 4.66. The van der Waals surface area contributed by atoms with Crippen LogP contribution in [0.3, 0.4) is 0 Å². The number of hydrogen-bond donors (Lipinski definition) is 1. The summed E-state index contributed by atoms with van der Waals surface area (Å²) in [6, 6.07) is 10.2. The Morgan fingerprint density at radius 1 is 1.02 bits per heavy atom. The number of fused-ring (bicyclic) bond motifs is 5. The number of nitrogens with zero attached hydrogens (tertiary/aromatic N) is 5. The molecule has 204 valence electrons. The average Bonchev–Trinajstić information content (AvgIpc) is 3.57. The molecule has 0 spiro atoms. The van der Waals surface area contributed by atoms with E-state index in [0.717, 1.165) is 24.0 Å². The predicted molar refractivity (Wildman–Crippen MR) is 140 cm³/mol. The fourth-order valence-electron chi connectivity index (χ4n) is 6.80. The Bertz CT molecular complexity index is 1630. The highest BCUT2D eigenvalue weighted by atomic mass is 19.3. The second kappa shape index (κ2) is 9.35. The zero-order valence-corrected chi connectivity index (χ0v) is 21.3. The minimum Gasteiger partial charge on any atom is -0.481 e. The van der Waals surface area contributed by atoms with Gasteiger partial charge in [-0.1, -0.05) is 18.2 Å². The molecule has 0 radical (unpaired) electrons. The van der Waals surface area contributed by atoms with Crippen molar-refractivity contribution in [3.05, 3.63) is 71.9 Å². The van der Waals surface area contributed by atoms with E-state index in [2.05, 4.69) is 19.9 Å². The molecule has 1 N–H and O–H groups in total. The van der Waals surface area contributed by atoms with Gasteiger partial charge in [-0.3, -0.25) is 9.59 Å². The van der Waals surface area contributed by atoms with Gasteiger partial charge >= 0.3 is 12.6 Å². The SMILES string of the molecule is O=C1C[C@H](c2ccccc2OC(F)F)c2c1nc1ccc(-c3cnc(N4C[C@H]5CC[C@@H](C4)[C@@H]5C(=O)O)nc3)cn21. The lowest BCUT2D eigenvalue weighted by atomic mass is 9.85. The molecule has 1 aromatic carbocycles. The lowest BCUT2D eigenvalue weighted by molar-refractivity contribution is -0.144. The molecule has 4 atom stereocenters. The Morgan fingerprint density at radius 3 is 2.45 bits per heavy atom. The summed E-state index contributed by atoms with van der Waals surface area (Å²) in [7, 11) is 0. The van der Waals surface area contributed by atoms with Crippen LogP contribution in [0.4, 0.5) is 14.7 Å². The fraction of sp³-hybridized carbons (Fsp3) is 0.345. The molecule has 1 saturated carbocycles. The maximum Gasteiger partial charge on any atom is 0.387 e. The van der Waals surface area contributed by atoms with Crippen molar-refractivity contribution in [3.8, 4) is 16.9 Å². The van der Waals surface area contributed by atoms with E-state index >= 15 is 0 Å². The number of carbonyl (C=O) groups excluding carboxylic acids is 1. The molecular weight excluding hydrogens is 520 g/mol. The molecule has 2 fully saturated rings. The van der Waals surface area contributed by atoms with E-state index in [0.29, 0.717) is 41.6 Å². The first kappa shape index (κ1) is 24.6. The number of ether oxygens (including phenoxy) is 1. The molecule has 4 heterocycles. The summed E-state index contributed by atoms with van der Waals surface area (Å²) >= 11 is 0. The number of hydrogen-bond acceptors (Lipinski definition) is 7. The Hall–Kier alpha value is -4.41. The molecule has 4 aromatic rings. The third kappa shape index (κ3) is 3.99. The molecule has 3 aromatic heterocycles. The standard InChI is InChI=1S/C29H25F2N5O4/c30-28(31)40-22-4-2-1-3-19(22)20-9-21(37)25-26(20)36-14-15(7-8-23(36)34-25)18-10-32-29(33-11-18)35-12-16-5-6-17(13-35)24(16)27(38)39/h1-4,7-8,10-11,14,16-17,20,24,28H,5-6,9,12-13H2,(H,38,39)/t16-,17+,20-,24-/m1/s1. The summed E-state index contributed by atoms with van der Waals surface area (Å²) < 4.78 is 32.8. The number of carboxylic acids is 1. The summed E-state index contributed by atoms with van der Waals surface area (Å²) in [5.74, 6) is -0.790. The number of piperidine rings is 1. The van der Waals surface area contributed by atoms with Crippen LogP contribution in [0.15, 0.2) is 55.0 Å². The number of aliphatic carboxylic acids is 1. The van der Waals surface area contributed by atoms with Gasteiger partial charge in [-0.25, -0.2) is 15.0 Å². The van der Waals surface area contributed by atoms with Gasteiger partial charge in [0, 0.05) is 60.7 Å². The lowest BCUT2D eigenvalue weighted by Gasteiger charge is -2.35. The van der Waals surface area contributed by atoms with Crippen molar-refractivity contribution in [1.29, 1.82) is 0 Å². The third-order valence-electron chi connectivity index (χ3n) is 8.52. The number of pyridine rings is 1. The molecule has 3 aliphatic rings. The van der Waals surface area contributed by atoms with E-state index in [-0.39, 0.29) is 35.7 Å². The van der Waals surface area contributed by atoms with Gasteiger partial charge in [0.15, 0.2) is 5.78 Å². The van der Waals surface area contributed by atoms with Crippen molar-refractivity contribution in [1.82, 2.24) is 19.4 Å². The molecule has 2 bridgehead atoms. The van der Waals surface area contributed by atoms with Gasteiger partial charge in [-0.15, -0.1) is 0 Å². The van der Waals surface area contributed by atoms with Crippen LogP contribution in [0.5, 0.6) is 5.75 Å². The average molecular weight is 546 g/mol. The number of ketones is 1. The zero-order chi connectivity index (χ0) is 27.5. The summed E-state index contributed by atoms with van der Waals surface area (Å²) in [6.07, 6.45) is 7.27. The van der Waals surface area contributed by atoms with Crippen molar-refractivity contribution in [2.45, 2.75) is 31.8 Å². The van der Waals surface area contributed by atoms with Gasteiger partial charge in [0.05, 0.1) is 11.6 Å². The van der Waals surface area contributed by atoms with Gasteiger partial charge in [0.25, 0.3) is 0 Å². The van der Waals surface area contributed by atoms with Crippen LogP contribution in [0.25, 0.3) is 16.8 Å². The second-order valence-electron chi connectivity index (χ2n) is 10.7. The quantitative estimate of drug-likeness (QED) is 0.373. The summed E-state index contributed by atoms with van der Waals surface area (Å²) in [4.78, 5) is 40.4. The van der Waals surface area contributed by atoms with E-state index in [1.807, 2.05) is 22.7 Å². The first-order valence-electron chi connectivity index (χ1n) is 13.3. The number of imidazole rings is 1. The zero-order valence-electron chi connectivity index (χ0n) is 21.3. The molecule has 1 saturated heterocycles.